The fourth-order valence-corrected chi connectivity index (χ4v) is 6.98. The van der Waals surface area contributed by atoms with Gasteiger partial charge in [0.1, 0.15) is 14.8 Å². The number of carbonyl (C=O) groups is 1. The van der Waals surface area contributed by atoms with Crippen molar-refractivity contribution in [3.8, 4) is 10.7 Å². The maximum atomic E-state index is 13.1. The van der Waals surface area contributed by atoms with Crippen molar-refractivity contribution in [2.24, 2.45) is 13.0 Å². The summed E-state index contributed by atoms with van der Waals surface area (Å²) >= 11 is 2.85. The number of hydrogen-bond donors (Lipinski definition) is 1. The average Bonchev–Trinajstić information content (AvgIpc) is 3.48. The van der Waals surface area contributed by atoms with Crippen molar-refractivity contribution in [3.05, 3.63) is 44.7 Å². The van der Waals surface area contributed by atoms with E-state index in [2.05, 4.69) is 16.6 Å². The van der Waals surface area contributed by atoms with E-state index in [1.165, 1.54) is 22.7 Å². The zero-order chi connectivity index (χ0) is 23.0. The molecule has 1 aliphatic heterocycles. The Morgan fingerprint density at radius 3 is 2.66 bits per heavy atom. The minimum atomic E-state index is -3.68. The van der Waals surface area contributed by atoms with Crippen LogP contribution in [0.4, 0.5) is 0 Å². The first kappa shape index (κ1) is 23.2. The molecule has 0 atom stereocenters. The van der Waals surface area contributed by atoms with E-state index in [0.717, 1.165) is 30.8 Å². The molecule has 10 heteroatoms. The highest BCUT2D eigenvalue weighted by Crippen LogP contribution is 2.33. The number of hydrogen-bond acceptors (Lipinski definition) is 6. The summed E-state index contributed by atoms with van der Waals surface area (Å²) in [7, 11) is -1.85. The molecular weight excluding hydrogens is 464 g/mol. The van der Waals surface area contributed by atoms with Gasteiger partial charge in [0, 0.05) is 37.3 Å². The Bertz CT molecular complexity index is 1220. The van der Waals surface area contributed by atoms with Crippen LogP contribution in [0.2, 0.25) is 0 Å². The van der Waals surface area contributed by atoms with Gasteiger partial charge in [-0.25, -0.2) is 18.1 Å². The third-order valence-corrected chi connectivity index (χ3v) is 9.64. The van der Waals surface area contributed by atoms with E-state index in [0.29, 0.717) is 32.9 Å². The van der Waals surface area contributed by atoms with Crippen molar-refractivity contribution in [1.82, 2.24) is 19.2 Å². The number of aromatic nitrogens is 2. The maximum Gasteiger partial charge on any atom is 0.265 e. The second kappa shape index (κ2) is 9.09. The molecule has 1 fully saturated rings. The van der Waals surface area contributed by atoms with Gasteiger partial charge >= 0.3 is 0 Å². The van der Waals surface area contributed by atoms with Gasteiger partial charge in [-0.15, -0.1) is 22.7 Å². The Morgan fingerprint density at radius 1 is 1.28 bits per heavy atom. The number of rotatable bonds is 6. The average molecular weight is 493 g/mol. The Balaban J connectivity index is 1.59. The molecule has 1 N–H and O–H groups in total. The summed E-state index contributed by atoms with van der Waals surface area (Å²) in [4.78, 5) is 21.4. The zero-order valence-corrected chi connectivity index (χ0v) is 21.2. The lowest BCUT2D eigenvalue weighted by Gasteiger charge is -2.30. The number of likely N-dealkylation sites (tertiary alicyclic amines) is 1. The number of amides is 1. The quantitative estimate of drug-likeness (QED) is 0.560. The van der Waals surface area contributed by atoms with E-state index in [-0.39, 0.29) is 17.3 Å². The Morgan fingerprint density at radius 2 is 2.00 bits per heavy atom. The third-order valence-electron chi connectivity index (χ3n) is 6.08. The maximum absolute atomic E-state index is 13.1. The molecule has 32 heavy (non-hydrogen) atoms. The minimum Gasteiger partial charge on any atom is -0.345 e. The number of thiophene rings is 1. The van der Waals surface area contributed by atoms with Gasteiger partial charge in [-0.05, 0) is 50.1 Å². The van der Waals surface area contributed by atoms with Crippen LogP contribution in [-0.4, -0.2) is 41.9 Å². The van der Waals surface area contributed by atoms with Crippen molar-refractivity contribution < 1.29 is 13.2 Å². The van der Waals surface area contributed by atoms with Crippen molar-refractivity contribution >= 4 is 38.6 Å². The van der Waals surface area contributed by atoms with E-state index in [1.54, 1.807) is 13.0 Å². The van der Waals surface area contributed by atoms with Crippen LogP contribution in [0.1, 0.15) is 45.7 Å². The smallest absolute Gasteiger partial charge is 0.265 e. The summed E-state index contributed by atoms with van der Waals surface area (Å²) in [5.74, 6) is 0.673. The molecule has 7 nitrogen and oxygen atoms in total. The molecule has 172 valence electrons. The number of aryl methyl sites for hydroxylation is 1. The minimum absolute atomic E-state index is 0.0227. The van der Waals surface area contributed by atoms with Gasteiger partial charge in [-0.2, -0.15) is 0 Å². The third kappa shape index (κ3) is 4.54. The van der Waals surface area contributed by atoms with Crippen LogP contribution in [0.3, 0.4) is 0 Å². The summed E-state index contributed by atoms with van der Waals surface area (Å²) in [5, 5.41) is 2.57. The fraction of sp³-hybridized carbons (Fsp3) is 0.455. The molecule has 1 amide bonds. The van der Waals surface area contributed by atoms with Gasteiger partial charge in [0.05, 0.1) is 11.4 Å². The number of carbonyl (C=O) groups excluding carboxylic acids is 1. The second-order valence-electron chi connectivity index (χ2n) is 8.35. The molecule has 0 bridgehead atoms. The first-order valence-electron chi connectivity index (χ1n) is 10.6. The van der Waals surface area contributed by atoms with Crippen LogP contribution in [-0.2, 0) is 23.6 Å². The summed E-state index contributed by atoms with van der Waals surface area (Å²) < 4.78 is 30.4. The van der Waals surface area contributed by atoms with Crippen LogP contribution >= 0.6 is 22.7 Å². The number of sulfonamides is 1. The van der Waals surface area contributed by atoms with Gasteiger partial charge in [0.15, 0.2) is 0 Å². The van der Waals surface area contributed by atoms with E-state index < -0.39 is 10.0 Å². The van der Waals surface area contributed by atoms with Gasteiger partial charge in [0.25, 0.3) is 5.91 Å². The fourth-order valence-electron chi connectivity index (χ4n) is 3.87. The number of nitrogens with one attached hydrogen (secondary N) is 1. The molecule has 0 spiro atoms. The predicted octanol–water partition coefficient (Wildman–Crippen LogP) is 4.18. The molecule has 4 heterocycles. The monoisotopic (exact) mass is 492 g/mol. The van der Waals surface area contributed by atoms with Crippen molar-refractivity contribution in [2.75, 3.05) is 13.1 Å². The molecule has 1 saturated heterocycles. The number of piperidine rings is 1. The standard InChI is InChI=1S/C22H28N4O3S3/c1-14-7-9-26(10-8-14)22(27)20-15(2)24-21(31-20)18-12-19(16(3)25(18)4)32(28,29)23-13-17-6-5-11-30-17/h5-6,11-12,14,23H,7-10,13H2,1-4H3. The molecule has 0 saturated carbocycles. The van der Waals surface area contributed by atoms with Gasteiger partial charge in [0.2, 0.25) is 10.0 Å². The number of nitrogens with zero attached hydrogens (tertiary/aromatic N) is 3. The van der Waals surface area contributed by atoms with Crippen LogP contribution in [0.5, 0.6) is 0 Å². The summed E-state index contributed by atoms with van der Waals surface area (Å²) in [6.45, 7) is 7.65. The van der Waals surface area contributed by atoms with Gasteiger partial charge < -0.3 is 9.47 Å². The highest BCUT2D eigenvalue weighted by Gasteiger charge is 2.27. The Labute approximate surface area is 197 Å². The lowest BCUT2D eigenvalue weighted by molar-refractivity contribution is 0.0701. The second-order valence-corrected chi connectivity index (χ2v) is 12.1. The molecule has 0 aliphatic carbocycles. The molecule has 0 radical (unpaired) electrons. The Hall–Kier alpha value is -2.01. The van der Waals surface area contributed by atoms with Crippen molar-refractivity contribution in [3.63, 3.8) is 0 Å². The van der Waals surface area contributed by atoms with E-state index in [1.807, 2.05) is 41.0 Å². The molecule has 1 aliphatic rings. The SMILES string of the molecule is Cc1nc(-c2cc(S(=O)(=O)NCc3cccs3)c(C)n2C)sc1C(=O)N1CCC(C)CC1. The zero-order valence-electron chi connectivity index (χ0n) is 18.7. The van der Waals surface area contributed by atoms with Crippen LogP contribution < -0.4 is 4.72 Å². The normalized spacial score (nSPS) is 15.4. The van der Waals surface area contributed by atoms with Crippen molar-refractivity contribution in [2.45, 2.75) is 45.1 Å². The van der Waals surface area contributed by atoms with Crippen molar-refractivity contribution in [1.29, 1.82) is 0 Å². The van der Waals surface area contributed by atoms with E-state index in [4.69, 9.17) is 0 Å². The number of thiazole rings is 1. The molecular formula is C22H28N4O3S3. The topological polar surface area (TPSA) is 84.3 Å². The largest absolute Gasteiger partial charge is 0.345 e. The van der Waals surface area contributed by atoms with E-state index >= 15 is 0 Å². The van der Waals surface area contributed by atoms with Gasteiger partial charge in [-0.3, -0.25) is 4.79 Å². The van der Waals surface area contributed by atoms with Crippen LogP contribution in [0.25, 0.3) is 10.7 Å². The predicted molar refractivity (Wildman–Crippen MR) is 129 cm³/mol. The molecule has 0 aromatic carbocycles. The van der Waals surface area contributed by atoms with Crippen LogP contribution in [0.15, 0.2) is 28.5 Å². The first-order chi connectivity index (χ1) is 15.2. The summed E-state index contributed by atoms with van der Waals surface area (Å²) in [5.41, 5.74) is 2.01. The highest BCUT2D eigenvalue weighted by atomic mass is 32.2. The Kier molecular flexibility index (Phi) is 6.58. The summed E-state index contributed by atoms with van der Waals surface area (Å²) in [6, 6.07) is 5.45. The van der Waals surface area contributed by atoms with Crippen LogP contribution in [0, 0.1) is 19.8 Å². The molecule has 4 rings (SSSR count). The lowest BCUT2D eigenvalue weighted by atomic mass is 9.99. The summed E-state index contributed by atoms with van der Waals surface area (Å²) in [6.07, 6.45) is 2.04. The lowest BCUT2D eigenvalue weighted by Crippen LogP contribution is -2.37. The molecule has 3 aromatic heterocycles. The molecule has 0 unspecified atom stereocenters. The highest BCUT2D eigenvalue weighted by molar-refractivity contribution is 7.89. The van der Waals surface area contributed by atoms with Gasteiger partial charge in [-0.1, -0.05) is 13.0 Å². The molecule has 3 aromatic rings. The van der Waals surface area contributed by atoms with E-state index in [9.17, 15) is 13.2 Å². The first-order valence-corrected chi connectivity index (χ1v) is 13.8.